The maximum Gasteiger partial charge on any atom is 0.255 e. The molecule has 1 aromatic heterocycles. The van der Waals surface area contributed by atoms with E-state index in [4.69, 9.17) is 23.2 Å². The van der Waals surface area contributed by atoms with Crippen LogP contribution in [-0.4, -0.2) is 53.1 Å². The van der Waals surface area contributed by atoms with Crippen LogP contribution in [0.3, 0.4) is 0 Å². The minimum Gasteiger partial charge on any atom is -0.354 e. The highest BCUT2D eigenvalue weighted by molar-refractivity contribution is 6.35. The van der Waals surface area contributed by atoms with Crippen LogP contribution in [0, 0.1) is 5.92 Å². The van der Waals surface area contributed by atoms with Gasteiger partial charge in [-0.05, 0) is 73.2 Å². The van der Waals surface area contributed by atoms with Crippen molar-refractivity contribution in [1.82, 2.24) is 15.1 Å². The standard InChI is InChI=1S/C27H27Cl2N5O2/c28-21-5-8-24(29)23(16-21)27(36)33-13-9-19(10-14-33)18-3-6-22(7-4-18)31-26(35)20-11-15-34(17-20)25-2-1-12-30-32-25/h1-8,12,16,19-20H,9-11,13-15,17H2,(H,31,35). The van der Waals surface area contributed by atoms with Gasteiger partial charge in [0.15, 0.2) is 5.82 Å². The van der Waals surface area contributed by atoms with E-state index in [1.165, 1.54) is 5.56 Å². The number of carbonyl (C=O) groups excluding carboxylic acids is 2. The van der Waals surface area contributed by atoms with Crippen LogP contribution >= 0.6 is 23.2 Å². The van der Waals surface area contributed by atoms with Crippen LogP contribution in [0.25, 0.3) is 0 Å². The first-order valence-electron chi connectivity index (χ1n) is 12.2. The molecule has 1 N–H and O–H groups in total. The molecule has 1 unspecified atom stereocenters. The van der Waals surface area contributed by atoms with Crippen LogP contribution in [0.4, 0.5) is 11.5 Å². The van der Waals surface area contributed by atoms with Crippen molar-refractivity contribution in [3.63, 3.8) is 0 Å². The first kappa shape index (κ1) is 24.5. The van der Waals surface area contributed by atoms with Gasteiger partial charge in [-0.2, -0.15) is 5.10 Å². The van der Waals surface area contributed by atoms with Crippen molar-refractivity contribution in [2.45, 2.75) is 25.2 Å². The van der Waals surface area contributed by atoms with Crippen molar-refractivity contribution in [3.05, 3.63) is 82.0 Å². The van der Waals surface area contributed by atoms with Crippen LogP contribution in [0.5, 0.6) is 0 Å². The summed E-state index contributed by atoms with van der Waals surface area (Å²) in [6.45, 7) is 2.75. The second-order valence-corrected chi connectivity index (χ2v) is 10.2. The van der Waals surface area contributed by atoms with Crippen molar-refractivity contribution in [1.29, 1.82) is 0 Å². The van der Waals surface area contributed by atoms with E-state index in [1.807, 2.05) is 29.2 Å². The second kappa shape index (κ2) is 10.8. The highest BCUT2D eigenvalue weighted by Crippen LogP contribution is 2.31. The second-order valence-electron chi connectivity index (χ2n) is 9.32. The number of hydrogen-bond acceptors (Lipinski definition) is 5. The Morgan fingerprint density at radius 2 is 1.72 bits per heavy atom. The molecule has 2 saturated heterocycles. The zero-order chi connectivity index (χ0) is 25.1. The number of likely N-dealkylation sites (tertiary alicyclic amines) is 1. The zero-order valence-corrected chi connectivity index (χ0v) is 21.3. The molecule has 3 heterocycles. The summed E-state index contributed by atoms with van der Waals surface area (Å²) in [6.07, 6.45) is 4.18. The van der Waals surface area contributed by atoms with Gasteiger partial charge in [-0.3, -0.25) is 9.59 Å². The number of amides is 2. The minimum absolute atomic E-state index is 0.0284. The molecule has 2 amide bonds. The number of anilines is 2. The summed E-state index contributed by atoms with van der Waals surface area (Å²) < 4.78 is 0. The molecule has 2 fully saturated rings. The number of piperidine rings is 1. The van der Waals surface area contributed by atoms with Crippen LogP contribution in [0.2, 0.25) is 10.0 Å². The number of halogens is 2. The van der Waals surface area contributed by atoms with Crippen molar-refractivity contribution < 1.29 is 9.59 Å². The van der Waals surface area contributed by atoms with Gasteiger partial charge >= 0.3 is 0 Å². The first-order valence-corrected chi connectivity index (χ1v) is 12.9. The molecule has 7 nitrogen and oxygen atoms in total. The Morgan fingerprint density at radius 1 is 0.944 bits per heavy atom. The van der Waals surface area contributed by atoms with Gasteiger partial charge in [-0.1, -0.05) is 35.3 Å². The van der Waals surface area contributed by atoms with Gasteiger partial charge in [0.05, 0.1) is 16.5 Å². The molecular formula is C27H27Cl2N5O2. The summed E-state index contributed by atoms with van der Waals surface area (Å²) in [6, 6.07) is 16.8. The molecule has 0 radical (unpaired) electrons. The van der Waals surface area contributed by atoms with E-state index in [0.29, 0.717) is 41.2 Å². The fraction of sp³-hybridized carbons (Fsp3) is 0.333. The number of aromatic nitrogens is 2. The van der Waals surface area contributed by atoms with Gasteiger partial charge in [-0.15, -0.1) is 5.10 Å². The van der Waals surface area contributed by atoms with E-state index in [9.17, 15) is 9.59 Å². The predicted molar refractivity (Wildman–Crippen MR) is 142 cm³/mol. The lowest BCUT2D eigenvalue weighted by atomic mass is 9.89. The van der Waals surface area contributed by atoms with Crippen molar-refractivity contribution in [2.24, 2.45) is 5.92 Å². The minimum atomic E-state index is -0.0819. The van der Waals surface area contributed by atoms with Gasteiger partial charge in [-0.25, -0.2) is 0 Å². The fourth-order valence-electron chi connectivity index (χ4n) is 4.98. The van der Waals surface area contributed by atoms with Gasteiger partial charge in [0.2, 0.25) is 5.91 Å². The van der Waals surface area contributed by atoms with E-state index in [-0.39, 0.29) is 17.7 Å². The molecule has 0 bridgehead atoms. The molecule has 2 aliphatic heterocycles. The number of benzene rings is 2. The molecule has 0 spiro atoms. The summed E-state index contributed by atoms with van der Waals surface area (Å²) in [5.41, 5.74) is 2.46. The van der Waals surface area contributed by atoms with Gasteiger partial charge in [0.1, 0.15) is 0 Å². The zero-order valence-electron chi connectivity index (χ0n) is 19.7. The molecule has 0 aliphatic carbocycles. The molecule has 3 aromatic rings. The van der Waals surface area contributed by atoms with Crippen LogP contribution in [0.1, 0.15) is 41.1 Å². The molecule has 186 valence electrons. The lowest BCUT2D eigenvalue weighted by Crippen LogP contribution is -2.38. The van der Waals surface area contributed by atoms with E-state index in [0.717, 1.165) is 37.3 Å². The highest BCUT2D eigenvalue weighted by atomic mass is 35.5. The highest BCUT2D eigenvalue weighted by Gasteiger charge is 2.29. The van der Waals surface area contributed by atoms with E-state index < -0.39 is 0 Å². The molecule has 2 aromatic carbocycles. The Bertz CT molecular complexity index is 1230. The Morgan fingerprint density at radius 3 is 2.44 bits per heavy atom. The monoisotopic (exact) mass is 523 g/mol. The molecule has 1 atom stereocenters. The van der Waals surface area contributed by atoms with Crippen molar-refractivity contribution in [2.75, 3.05) is 36.4 Å². The van der Waals surface area contributed by atoms with Gasteiger partial charge < -0.3 is 15.1 Å². The molecule has 36 heavy (non-hydrogen) atoms. The Hall–Kier alpha value is -3.16. The summed E-state index contributed by atoms with van der Waals surface area (Å²) in [7, 11) is 0. The Labute approximate surface area is 220 Å². The molecule has 5 rings (SSSR count). The Kier molecular flexibility index (Phi) is 7.39. The number of rotatable bonds is 5. The summed E-state index contributed by atoms with van der Waals surface area (Å²) >= 11 is 12.3. The van der Waals surface area contributed by atoms with E-state index in [2.05, 4.69) is 32.5 Å². The smallest absolute Gasteiger partial charge is 0.255 e. The predicted octanol–water partition coefficient (Wildman–Crippen LogP) is 5.27. The lowest BCUT2D eigenvalue weighted by Gasteiger charge is -2.32. The third-order valence-corrected chi connectivity index (χ3v) is 7.60. The third-order valence-electron chi connectivity index (χ3n) is 7.03. The molecular weight excluding hydrogens is 497 g/mol. The van der Waals surface area contributed by atoms with Gasteiger partial charge in [0.25, 0.3) is 5.91 Å². The average molecular weight is 524 g/mol. The molecule has 0 saturated carbocycles. The maximum absolute atomic E-state index is 12.9. The van der Waals surface area contributed by atoms with Crippen LogP contribution < -0.4 is 10.2 Å². The van der Waals surface area contributed by atoms with E-state index >= 15 is 0 Å². The molecule has 9 heteroatoms. The normalized spacial score (nSPS) is 18.3. The summed E-state index contributed by atoms with van der Waals surface area (Å²) in [4.78, 5) is 29.7. The maximum atomic E-state index is 12.9. The molecule has 2 aliphatic rings. The van der Waals surface area contributed by atoms with Gasteiger partial charge in [0, 0.05) is 43.1 Å². The number of nitrogens with zero attached hydrogens (tertiary/aromatic N) is 4. The topological polar surface area (TPSA) is 78.4 Å². The van der Waals surface area contributed by atoms with Crippen LogP contribution in [-0.2, 0) is 4.79 Å². The SMILES string of the molecule is O=C(Nc1ccc(C2CCN(C(=O)c3cc(Cl)ccc3Cl)CC2)cc1)C1CCN(c2cccnn2)C1. The van der Waals surface area contributed by atoms with Crippen molar-refractivity contribution in [3.8, 4) is 0 Å². The number of nitrogens with one attached hydrogen (secondary N) is 1. The Balaban J connectivity index is 1.13. The largest absolute Gasteiger partial charge is 0.354 e. The van der Waals surface area contributed by atoms with E-state index in [1.54, 1.807) is 24.4 Å². The fourth-order valence-corrected chi connectivity index (χ4v) is 5.35. The number of carbonyl (C=O) groups is 2. The quantitative estimate of drug-likeness (QED) is 0.492. The first-order chi connectivity index (χ1) is 17.5. The lowest BCUT2D eigenvalue weighted by molar-refractivity contribution is -0.119. The average Bonchev–Trinajstić information content (AvgIpc) is 3.42. The summed E-state index contributed by atoms with van der Waals surface area (Å²) in [5, 5.41) is 12.0. The van der Waals surface area contributed by atoms with Crippen LogP contribution in [0.15, 0.2) is 60.8 Å². The summed E-state index contributed by atoms with van der Waals surface area (Å²) in [5.74, 6) is 1.04. The number of hydrogen-bond donors (Lipinski definition) is 1. The van der Waals surface area contributed by atoms with Crippen molar-refractivity contribution >= 4 is 46.5 Å². The third kappa shape index (κ3) is 5.47.